The van der Waals surface area contributed by atoms with Crippen LogP contribution >= 0.6 is 0 Å². The zero-order chi connectivity index (χ0) is 16.7. The van der Waals surface area contributed by atoms with Gasteiger partial charge in [-0.05, 0) is 31.5 Å². The van der Waals surface area contributed by atoms with E-state index in [0.29, 0.717) is 18.7 Å². The molecule has 0 spiro atoms. The quantitative estimate of drug-likeness (QED) is 0.862. The van der Waals surface area contributed by atoms with Crippen LogP contribution in [0.2, 0.25) is 0 Å². The van der Waals surface area contributed by atoms with Crippen molar-refractivity contribution in [3.8, 4) is 0 Å². The monoisotopic (exact) mass is 310 g/mol. The molecule has 0 bridgehead atoms. The van der Waals surface area contributed by atoms with Gasteiger partial charge in [-0.15, -0.1) is 0 Å². The van der Waals surface area contributed by atoms with Crippen molar-refractivity contribution in [2.24, 2.45) is 0 Å². The number of hydrogen-bond donors (Lipinski definition) is 2. The Morgan fingerprint density at radius 1 is 0.913 bits per heavy atom. The van der Waals surface area contributed by atoms with Crippen LogP contribution in [0.25, 0.3) is 0 Å². The highest BCUT2D eigenvalue weighted by Gasteiger charge is 2.06. The number of carbonyl (C=O) groups excluding carboxylic acids is 2. The fourth-order valence-corrected chi connectivity index (χ4v) is 2.17. The molecule has 0 aliphatic rings. The minimum atomic E-state index is -0.153. The third-order valence-corrected chi connectivity index (χ3v) is 3.53. The molecule has 2 aromatic rings. The van der Waals surface area contributed by atoms with Crippen LogP contribution < -0.4 is 10.6 Å². The van der Waals surface area contributed by atoms with E-state index >= 15 is 0 Å². The minimum Gasteiger partial charge on any atom is -0.352 e. The molecule has 23 heavy (non-hydrogen) atoms. The maximum atomic E-state index is 11.9. The maximum Gasteiger partial charge on any atom is 0.251 e. The summed E-state index contributed by atoms with van der Waals surface area (Å²) in [5, 5.41) is 5.61. The Kier molecular flexibility index (Phi) is 5.92. The van der Waals surface area contributed by atoms with Crippen molar-refractivity contribution in [3.05, 3.63) is 70.8 Å². The molecule has 0 aliphatic heterocycles. The van der Waals surface area contributed by atoms with Crippen LogP contribution in [-0.4, -0.2) is 18.4 Å². The molecule has 120 valence electrons. The lowest BCUT2D eigenvalue weighted by Gasteiger charge is -2.07. The first-order chi connectivity index (χ1) is 11.0. The van der Waals surface area contributed by atoms with Crippen molar-refractivity contribution in [1.29, 1.82) is 0 Å². The molecule has 0 aromatic heterocycles. The molecule has 2 rings (SSSR count). The summed E-state index contributed by atoms with van der Waals surface area (Å²) in [6.07, 6.45) is 0.267. The average molecular weight is 310 g/mol. The number of amides is 2. The van der Waals surface area contributed by atoms with E-state index in [0.717, 1.165) is 11.1 Å². The van der Waals surface area contributed by atoms with Crippen LogP contribution in [-0.2, 0) is 11.3 Å². The fraction of sp³-hybridized carbons (Fsp3) is 0.263. The van der Waals surface area contributed by atoms with Crippen molar-refractivity contribution in [2.45, 2.75) is 26.8 Å². The van der Waals surface area contributed by atoms with Crippen molar-refractivity contribution in [3.63, 3.8) is 0 Å². The summed E-state index contributed by atoms with van der Waals surface area (Å²) < 4.78 is 0. The molecule has 4 heteroatoms. The normalized spacial score (nSPS) is 10.2. The Bertz CT molecular complexity index is 678. The van der Waals surface area contributed by atoms with Crippen LogP contribution in [0.15, 0.2) is 48.5 Å². The summed E-state index contributed by atoms with van der Waals surface area (Å²) >= 11 is 0. The lowest BCUT2D eigenvalue weighted by molar-refractivity contribution is -0.121. The first-order valence-electron chi connectivity index (χ1n) is 7.72. The molecule has 0 saturated carbocycles. The van der Waals surface area contributed by atoms with Crippen LogP contribution in [0.1, 0.15) is 33.5 Å². The lowest BCUT2D eigenvalue weighted by atomic mass is 10.1. The van der Waals surface area contributed by atoms with Gasteiger partial charge in [0.15, 0.2) is 0 Å². The number of nitrogens with one attached hydrogen (secondary N) is 2. The molecule has 0 heterocycles. The van der Waals surface area contributed by atoms with Crippen LogP contribution in [0.4, 0.5) is 0 Å². The van der Waals surface area contributed by atoms with Gasteiger partial charge < -0.3 is 10.6 Å². The number of hydrogen-bond acceptors (Lipinski definition) is 2. The number of carbonyl (C=O) groups is 2. The summed E-state index contributed by atoms with van der Waals surface area (Å²) in [6, 6.07) is 15.4. The maximum absolute atomic E-state index is 11.9. The predicted octanol–water partition coefficient (Wildman–Crippen LogP) is 2.74. The second kappa shape index (κ2) is 8.13. The van der Waals surface area contributed by atoms with Gasteiger partial charge in [0.1, 0.15) is 0 Å². The molecule has 2 aromatic carbocycles. The Morgan fingerprint density at radius 2 is 1.65 bits per heavy atom. The first kappa shape index (κ1) is 16.7. The van der Waals surface area contributed by atoms with Gasteiger partial charge in [-0.2, -0.15) is 0 Å². The van der Waals surface area contributed by atoms with Crippen LogP contribution in [0.3, 0.4) is 0 Å². The van der Waals surface area contributed by atoms with Crippen molar-refractivity contribution in [2.75, 3.05) is 6.54 Å². The highest BCUT2D eigenvalue weighted by Crippen LogP contribution is 2.04. The van der Waals surface area contributed by atoms with E-state index in [2.05, 4.69) is 10.6 Å². The van der Waals surface area contributed by atoms with Gasteiger partial charge in [0.25, 0.3) is 5.91 Å². The Hall–Kier alpha value is -2.62. The second-order valence-electron chi connectivity index (χ2n) is 5.64. The molecule has 0 radical (unpaired) electrons. The Labute approximate surface area is 136 Å². The van der Waals surface area contributed by atoms with Gasteiger partial charge in [-0.1, -0.05) is 47.5 Å². The lowest BCUT2D eigenvalue weighted by Crippen LogP contribution is -2.30. The van der Waals surface area contributed by atoms with Gasteiger partial charge >= 0.3 is 0 Å². The standard InChI is InChI=1S/C19H22N2O2/c1-14-6-8-16(9-7-14)13-21-18(22)10-11-20-19(23)17-5-3-4-15(2)12-17/h3-9,12H,10-11,13H2,1-2H3,(H,20,23)(H,21,22). The summed E-state index contributed by atoms with van der Waals surface area (Å²) in [5.74, 6) is -0.227. The van der Waals surface area contributed by atoms with E-state index in [9.17, 15) is 9.59 Å². The number of rotatable bonds is 6. The Balaban J connectivity index is 1.70. The third-order valence-electron chi connectivity index (χ3n) is 3.53. The molecule has 0 aliphatic carbocycles. The molecule has 0 atom stereocenters. The highest BCUT2D eigenvalue weighted by molar-refractivity contribution is 5.94. The van der Waals surface area contributed by atoms with Crippen LogP contribution in [0, 0.1) is 13.8 Å². The van der Waals surface area contributed by atoms with Crippen LogP contribution in [0.5, 0.6) is 0 Å². The van der Waals surface area contributed by atoms with E-state index in [1.54, 1.807) is 6.07 Å². The molecular formula is C19H22N2O2. The average Bonchev–Trinajstić information content (AvgIpc) is 2.54. The molecule has 2 amide bonds. The summed E-state index contributed by atoms with van der Waals surface area (Å²) in [7, 11) is 0. The van der Waals surface area contributed by atoms with E-state index in [4.69, 9.17) is 0 Å². The third kappa shape index (κ3) is 5.58. The summed E-state index contributed by atoms with van der Waals surface area (Å²) in [4.78, 5) is 23.7. The second-order valence-corrected chi connectivity index (χ2v) is 5.64. The molecule has 4 nitrogen and oxygen atoms in total. The van der Waals surface area contributed by atoms with Gasteiger partial charge in [0.05, 0.1) is 0 Å². The fourth-order valence-electron chi connectivity index (χ4n) is 2.17. The zero-order valence-electron chi connectivity index (χ0n) is 13.6. The molecule has 0 fully saturated rings. The molecule has 0 unspecified atom stereocenters. The largest absolute Gasteiger partial charge is 0.352 e. The van der Waals surface area contributed by atoms with Gasteiger partial charge in [-0.3, -0.25) is 9.59 Å². The molecule has 2 N–H and O–H groups in total. The predicted molar refractivity (Wildman–Crippen MR) is 91.2 cm³/mol. The minimum absolute atomic E-state index is 0.0740. The van der Waals surface area contributed by atoms with Crippen molar-refractivity contribution < 1.29 is 9.59 Å². The van der Waals surface area contributed by atoms with E-state index in [1.807, 2.05) is 56.3 Å². The van der Waals surface area contributed by atoms with Gasteiger partial charge in [0.2, 0.25) is 5.91 Å². The topological polar surface area (TPSA) is 58.2 Å². The van der Waals surface area contributed by atoms with Crippen molar-refractivity contribution >= 4 is 11.8 Å². The van der Waals surface area contributed by atoms with Gasteiger partial charge in [-0.25, -0.2) is 0 Å². The van der Waals surface area contributed by atoms with E-state index in [1.165, 1.54) is 5.56 Å². The Morgan fingerprint density at radius 3 is 2.35 bits per heavy atom. The van der Waals surface area contributed by atoms with E-state index in [-0.39, 0.29) is 18.2 Å². The number of benzene rings is 2. The highest BCUT2D eigenvalue weighted by atomic mass is 16.2. The SMILES string of the molecule is Cc1ccc(CNC(=O)CCNC(=O)c2cccc(C)c2)cc1. The summed E-state index contributed by atoms with van der Waals surface area (Å²) in [6.45, 7) is 4.80. The van der Waals surface area contributed by atoms with E-state index < -0.39 is 0 Å². The summed E-state index contributed by atoms with van der Waals surface area (Å²) in [5.41, 5.74) is 3.91. The first-order valence-corrected chi connectivity index (χ1v) is 7.72. The zero-order valence-corrected chi connectivity index (χ0v) is 13.6. The smallest absolute Gasteiger partial charge is 0.251 e. The van der Waals surface area contributed by atoms with Crippen molar-refractivity contribution in [1.82, 2.24) is 10.6 Å². The molecule has 0 saturated heterocycles. The molecular weight excluding hydrogens is 288 g/mol. The number of aryl methyl sites for hydroxylation is 2. The van der Waals surface area contributed by atoms with Gasteiger partial charge in [0, 0.05) is 25.1 Å².